The molecule has 4 rings (SSSR count). The number of hydrogen-bond donors (Lipinski definition) is 1. The van der Waals surface area contributed by atoms with Crippen LogP contribution in [0.15, 0.2) is 48.5 Å². The maximum absolute atomic E-state index is 12.9. The summed E-state index contributed by atoms with van der Waals surface area (Å²) in [6.07, 6.45) is -0.383. The molecule has 0 spiro atoms. The fraction of sp³-hybridized carbons (Fsp3) is 0.333. The van der Waals surface area contributed by atoms with E-state index in [4.69, 9.17) is 16.3 Å². The van der Waals surface area contributed by atoms with Crippen molar-refractivity contribution in [3.63, 3.8) is 0 Å². The van der Waals surface area contributed by atoms with E-state index in [0.717, 1.165) is 27.7 Å². The number of carboxylic acids is 1. The van der Waals surface area contributed by atoms with Crippen LogP contribution in [0.5, 0.6) is 0 Å². The lowest BCUT2D eigenvalue weighted by Gasteiger charge is -2.35. The second kappa shape index (κ2) is 7.93. The van der Waals surface area contributed by atoms with Gasteiger partial charge in [-0.2, -0.15) is 0 Å². The van der Waals surface area contributed by atoms with Crippen LogP contribution in [0.2, 0.25) is 5.02 Å². The molecule has 1 aliphatic rings. The molecule has 1 amide bonds. The van der Waals surface area contributed by atoms with E-state index >= 15 is 0 Å². The number of ether oxygens (including phenoxy) is 1. The first-order valence-corrected chi connectivity index (χ1v) is 10.6. The molecule has 7 heteroatoms. The molecule has 31 heavy (non-hydrogen) atoms. The van der Waals surface area contributed by atoms with E-state index in [1.54, 1.807) is 20.8 Å². The molecule has 6 nitrogen and oxygen atoms in total. The van der Waals surface area contributed by atoms with Crippen LogP contribution in [0.3, 0.4) is 0 Å². The van der Waals surface area contributed by atoms with Crippen LogP contribution in [0.4, 0.5) is 4.79 Å². The first kappa shape index (κ1) is 21.2. The molecule has 3 aromatic rings. The molecule has 1 aromatic heterocycles. The average Bonchev–Trinajstić information content (AvgIpc) is 3.00. The number of carbonyl (C=O) groups is 2. The van der Waals surface area contributed by atoms with Crippen LogP contribution in [-0.2, 0) is 29.0 Å². The number of benzene rings is 2. The van der Waals surface area contributed by atoms with Gasteiger partial charge in [0.2, 0.25) is 0 Å². The van der Waals surface area contributed by atoms with E-state index in [0.29, 0.717) is 11.6 Å². The highest BCUT2D eigenvalue weighted by molar-refractivity contribution is 6.30. The Labute approximate surface area is 186 Å². The molecule has 162 valence electrons. The number of para-hydroxylation sites is 1. The zero-order valence-corrected chi connectivity index (χ0v) is 18.5. The molecule has 2 aromatic carbocycles. The average molecular weight is 441 g/mol. The van der Waals surface area contributed by atoms with Crippen molar-refractivity contribution >= 4 is 34.6 Å². The van der Waals surface area contributed by atoms with Gasteiger partial charge in [0.25, 0.3) is 0 Å². The van der Waals surface area contributed by atoms with Crippen molar-refractivity contribution in [2.45, 2.75) is 51.9 Å². The van der Waals surface area contributed by atoms with Gasteiger partial charge in [-0.25, -0.2) is 9.59 Å². The molecule has 1 N–H and O–H groups in total. The summed E-state index contributed by atoms with van der Waals surface area (Å²) in [6, 6.07) is 14.6. The molecule has 0 radical (unpaired) electrons. The van der Waals surface area contributed by atoms with Crippen molar-refractivity contribution in [2.24, 2.45) is 0 Å². The summed E-state index contributed by atoms with van der Waals surface area (Å²) in [6.45, 7) is 6.07. The number of amides is 1. The van der Waals surface area contributed by atoms with Crippen molar-refractivity contribution in [3.8, 4) is 0 Å². The van der Waals surface area contributed by atoms with Gasteiger partial charge in [0.15, 0.2) is 0 Å². The number of hydrogen-bond acceptors (Lipinski definition) is 3. The van der Waals surface area contributed by atoms with Gasteiger partial charge in [-0.15, -0.1) is 0 Å². The number of carboxylic acid groups (broad SMARTS) is 1. The molecule has 0 aliphatic carbocycles. The number of rotatable bonds is 3. The molecule has 1 aliphatic heterocycles. The van der Waals surface area contributed by atoms with E-state index in [9.17, 15) is 14.7 Å². The van der Waals surface area contributed by atoms with Crippen molar-refractivity contribution in [3.05, 3.63) is 70.4 Å². The quantitative estimate of drug-likeness (QED) is 0.615. The molecular formula is C24H25ClN2O4. The smallest absolute Gasteiger partial charge is 0.411 e. The number of aromatic nitrogens is 1. The van der Waals surface area contributed by atoms with Crippen molar-refractivity contribution < 1.29 is 19.4 Å². The van der Waals surface area contributed by atoms with E-state index in [2.05, 4.69) is 4.57 Å². The standard InChI is InChI=1S/C24H25ClN2O4/c1-24(2,3)31-23(30)27-14-21-18(12-20(27)22(28)29)17-6-4-5-7-19(17)26(21)13-15-8-10-16(25)11-9-15/h4-11,20H,12-14H2,1-3H3,(H,28,29). The lowest BCUT2D eigenvalue weighted by Crippen LogP contribution is -2.50. The van der Waals surface area contributed by atoms with Crippen LogP contribution in [0.25, 0.3) is 10.9 Å². The number of aliphatic carboxylic acids is 1. The van der Waals surface area contributed by atoms with Gasteiger partial charge < -0.3 is 14.4 Å². The third-order valence-electron chi connectivity index (χ3n) is 5.45. The Balaban J connectivity index is 1.80. The predicted molar refractivity (Wildman–Crippen MR) is 119 cm³/mol. The summed E-state index contributed by atoms with van der Waals surface area (Å²) >= 11 is 6.04. The summed E-state index contributed by atoms with van der Waals surface area (Å²) in [5.74, 6) is -1.04. The SMILES string of the molecule is CC(C)(C)OC(=O)N1Cc2c(c3ccccc3n2Cc2ccc(Cl)cc2)CC1C(=O)O. The van der Waals surface area contributed by atoms with Crippen LogP contribution in [-0.4, -0.2) is 38.3 Å². The second-order valence-corrected chi connectivity index (χ2v) is 9.26. The molecule has 0 bridgehead atoms. The summed E-state index contributed by atoms with van der Waals surface area (Å²) in [7, 11) is 0. The molecule has 2 heterocycles. The predicted octanol–water partition coefficient (Wildman–Crippen LogP) is 5.09. The molecule has 0 saturated heterocycles. The molecule has 1 unspecified atom stereocenters. The highest BCUT2D eigenvalue weighted by Crippen LogP contribution is 2.34. The van der Waals surface area contributed by atoms with Gasteiger partial charge in [0, 0.05) is 34.6 Å². The lowest BCUT2D eigenvalue weighted by atomic mass is 9.97. The second-order valence-electron chi connectivity index (χ2n) is 8.82. The molecule has 0 saturated carbocycles. The van der Waals surface area contributed by atoms with Gasteiger partial charge >= 0.3 is 12.1 Å². The Morgan fingerprint density at radius 1 is 1.13 bits per heavy atom. The van der Waals surface area contributed by atoms with Gasteiger partial charge in [0.1, 0.15) is 11.6 Å². The Morgan fingerprint density at radius 2 is 1.81 bits per heavy atom. The maximum Gasteiger partial charge on any atom is 0.411 e. The number of fused-ring (bicyclic) bond motifs is 3. The number of carbonyl (C=O) groups excluding carboxylic acids is 1. The van der Waals surface area contributed by atoms with Crippen molar-refractivity contribution in [1.29, 1.82) is 0 Å². The van der Waals surface area contributed by atoms with Gasteiger partial charge in [-0.05, 0) is 50.1 Å². The largest absolute Gasteiger partial charge is 0.480 e. The highest BCUT2D eigenvalue weighted by atomic mass is 35.5. The van der Waals surface area contributed by atoms with E-state index in [1.807, 2.05) is 48.5 Å². The Morgan fingerprint density at radius 3 is 2.45 bits per heavy atom. The van der Waals surface area contributed by atoms with Gasteiger partial charge in [-0.1, -0.05) is 41.9 Å². The third kappa shape index (κ3) is 4.26. The first-order chi connectivity index (χ1) is 14.6. The minimum Gasteiger partial charge on any atom is -0.480 e. The monoisotopic (exact) mass is 440 g/mol. The normalized spacial score (nSPS) is 16.3. The van der Waals surface area contributed by atoms with E-state index in [-0.39, 0.29) is 13.0 Å². The van der Waals surface area contributed by atoms with Gasteiger partial charge in [0.05, 0.1) is 6.54 Å². The first-order valence-electron chi connectivity index (χ1n) is 10.2. The highest BCUT2D eigenvalue weighted by Gasteiger charge is 2.39. The topological polar surface area (TPSA) is 71.8 Å². The Bertz CT molecular complexity index is 1140. The lowest BCUT2D eigenvalue weighted by molar-refractivity contribution is -0.143. The zero-order valence-electron chi connectivity index (χ0n) is 17.8. The van der Waals surface area contributed by atoms with Crippen LogP contribution in [0, 0.1) is 0 Å². The Hall–Kier alpha value is -2.99. The minimum absolute atomic E-state index is 0.170. The van der Waals surface area contributed by atoms with Gasteiger partial charge in [-0.3, -0.25) is 4.90 Å². The van der Waals surface area contributed by atoms with Crippen LogP contribution in [0.1, 0.15) is 37.6 Å². The molecule has 1 atom stereocenters. The molecule has 0 fully saturated rings. The molecular weight excluding hydrogens is 416 g/mol. The van der Waals surface area contributed by atoms with Crippen LogP contribution < -0.4 is 0 Å². The van der Waals surface area contributed by atoms with E-state index < -0.39 is 23.7 Å². The summed E-state index contributed by atoms with van der Waals surface area (Å²) in [4.78, 5) is 26.2. The zero-order chi connectivity index (χ0) is 22.3. The van der Waals surface area contributed by atoms with Crippen molar-refractivity contribution in [1.82, 2.24) is 9.47 Å². The van der Waals surface area contributed by atoms with Crippen LogP contribution >= 0.6 is 11.6 Å². The number of nitrogens with zero attached hydrogens (tertiary/aromatic N) is 2. The minimum atomic E-state index is -1.04. The summed E-state index contributed by atoms with van der Waals surface area (Å²) in [5.41, 5.74) is 3.27. The third-order valence-corrected chi connectivity index (χ3v) is 5.71. The fourth-order valence-electron chi connectivity index (χ4n) is 4.10. The van der Waals surface area contributed by atoms with Crippen molar-refractivity contribution in [2.75, 3.05) is 0 Å². The summed E-state index contributed by atoms with van der Waals surface area (Å²) < 4.78 is 7.67. The number of halogens is 1. The Kier molecular flexibility index (Phi) is 5.43. The van der Waals surface area contributed by atoms with E-state index in [1.165, 1.54) is 4.90 Å². The fourth-order valence-corrected chi connectivity index (χ4v) is 4.22. The summed E-state index contributed by atoms with van der Waals surface area (Å²) in [5, 5.41) is 11.5. The maximum atomic E-state index is 12.9.